The summed E-state index contributed by atoms with van der Waals surface area (Å²) in [6.07, 6.45) is 0. The zero-order valence-electron chi connectivity index (χ0n) is 12.5. The second kappa shape index (κ2) is 7.37. The Hall–Kier alpha value is -2.52. The van der Waals surface area contributed by atoms with E-state index in [1.165, 1.54) is 31.4 Å². The molecule has 0 aromatic heterocycles. The normalized spacial score (nSPS) is 11.1. The van der Waals surface area contributed by atoms with Gasteiger partial charge in [0.25, 0.3) is 10.0 Å². The molecule has 0 unspecified atom stereocenters. The van der Waals surface area contributed by atoms with Crippen molar-refractivity contribution in [3.63, 3.8) is 0 Å². The Morgan fingerprint density at radius 1 is 1.12 bits per heavy atom. The lowest BCUT2D eigenvalue weighted by molar-refractivity contribution is -0.119. The highest BCUT2D eigenvalue weighted by molar-refractivity contribution is 7.92. The second-order valence-electron chi connectivity index (χ2n) is 4.74. The number of carbonyl (C=O) groups excluding carboxylic acids is 1. The minimum Gasteiger partial charge on any atom is -0.375 e. The van der Waals surface area contributed by atoms with Crippen molar-refractivity contribution in [3.8, 4) is 0 Å². The first-order valence-corrected chi connectivity index (χ1v) is 8.17. The van der Waals surface area contributed by atoms with Crippen LogP contribution in [-0.2, 0) is 19.6 Å². The van der Waals surface area contributed by atoms with Gasteiger partial charge in [-0.1, -0.05) is 6.07 Å². The van der Waals surface area contributed by atoms with Crippen molar-refractivity contribution in [3.05, 3.63) is 54.1 Å². The number of hydrogen-bond acceptors (Lipinski definition) is 4. The third-order valence-electron chi connectivity index (χ3n) is 2.86. The molecule has 2 N–H and O–H groups in total. The topological polar surface area (TPSA) is 84.5 Å². The molecular weight excluding hydrogens is 342 g/mol. The molecule has 0 atom stereocenters. The van der Waals surface area contributed by atoms with E-state index in [1.807, 2.05) is 0 Å². The average molecular weight is 356 g/mol. The summed E-state index contributed by atoms with van der Waals surface area (Å²) in [5, 5.41) is 2.50. The van der Waals surface area contributed by atoms with Gasteiger partial charge in [0.2, 0.25) is 5.91 Å². The maximum Gasteiger partial charge on any atom is 0.264 e. The minimum atomic E-state index is -4.32. The van der Waals surface area contributed by atoms with Crippen LogP contribution in [0.15, 0.2) is 47.4 Å². The summed E-state index contributed by atoms with van der Waals surface area (Å²) in [5.41, 5.74) is 0.394. The van der Waals surface area contributed by atoms with Crippen molar-refractivity contribution in [2.45, 2.75) is 4.90 Å². The van der Waals surface area contributed by atoms with Gasteiger partial charge in [0.15, 0.2) is 0 Å². The summed E-state index contributed by atoms with van der Waals surface area (Å²) >= 11 is 0. The van der Waals surface area contributed by atoms with Crippen LogP contribution in [0.3, 0.4) is 0 Å². The Morgan fingerprint density at radius 2 is 1.83 bits per heavy atom. The zero-order valence-corrected chi connectivity index (χ0v) is 13.4. The number of methoxy groups -OCH3 is 1. The van der Waals surface area contributed by atoms with Crippen LogP contribution >= 0.6 is 0 Å². The predicted molar refractivity (Wildman–Crippen MR) is 84.1 cm³/mol. The van der Waals surface area contributed by atoms with Gasteiger partial charge < -0.3 is 10.1 Å². The number of nitrogens with one attached hydrogen (secondary N) is 2. The molecule has 0 aliphatic rings. The van der Waals surface area contributed by atoms with E-state index in [0.717, 1.165) is 12.1 Å². The van der Waals surface area contributed by atoms with E-state index in [0.29, 0.717) is 11.8 Å². The molecule has 0 fully saturated rings. The van der Waals surface area contributed by atoms with Crippen LogP contribution in [0, 0.1) is 11.6 Å². The van der Waals surface area contributed by atoms with Crippen molar-refractivity contribution in [1.82, 2.24) is 0 Å². The molecule has 0 spiro atoms. The highest BCUT2D eigenvalue weighted by Crippen LogP contribution is 2.22. The van der Waals surface area contributed by atoms with E-state index in [2.05, 4.69) is 14.8 Å². The predicted octanol–water partition coefficient (Wildman–Crippen LogP) is 2.35. The average Bonchev–Trinajstić information content (AvgIpc) is 2.49. The van der Waals surface area contributed by atoms with E-state index in [9.17, 15) is 22.0 Å². The number of sulfonamides is 1. The summed E-state index contributed by atoms with van der Waals surface area (Å²) in [7, 11) is -2.97. The highest BCUT2D eigenvalue weighted by Gasteiger charge is 2.20. The van der Waals surface area contributed by atoms with Crippen LogP contribution in [0.1, 0.15) is 0 Å². The summed E-state index contributed by atoms with van der Waals surface area (Å²) in [4.78, 5) is 10.6. The third kappa shape index (κ3) is 4.49. The van der Waals surface area contributed by atoms with E-state index < -0.39 is 32.5 Å². The molecular formula is C15H14F2N2O4S. The third-order valence-corrected chi connectivity index (χ3v) is 4.25. The molecule has 2 rings (SSSR count). The van der Waals surface area contributed by atoms with Gasteiger partial charge in [-0.2, -0.15) is 0 Å². The van der Waals surface area contributed by atoms with Gasteiger partial charge in [0.05, 0.1) is 5.69 Å². The van der Waals surface area contributed by atoms with Gasteiger partial charge in [-0.05, 0) is 36.4 Å². The van der Waals surface area contributed by atoms with Crippen molar-refractivity contribution >= 4 is 27.3 Å². The summed E-state index contributed by atoms with van der Waals surface area (Å²) in [5.74, 6) is -2.38. The van der Waals surface area contributed by atoms with Crippen molar-refractivity contribution in [2.75, 3.05) is 23.8 Å². The second-order valence-corrected chi connectivity index (χ2v) is 6.39. The molecule has 0 heterocycles. The van der Waals surface area contributed by atoms with Crippen LogP contribution in [-0.4, -0.2) is 28.0 Å². The number of hydrogen-bond donors (Lipinski definition) is 2. The molecule has 1 amide bonds. The first kappa shape index (κ1) is 17.8. The van der Waals surface area contributed by atoms with Crippen molar-refractivity contribution in [2.24, 2.45) is 0 Å². The molecule has 0 aliphatic heterocycles. The first-order chi connectivity index (χ1) is 11.3. The molecule has 0 saturated heterocycles. The Morgan fingerprint density at radius 3 is 2.54 bits per heavy atom. The fourth-order valence-corrected chi connectivity index (χ4v) is 3.02. The van der Waals surface area contributed by atoms with Crippen molar-refractivity contribution in [1.29, 1.82) is 0 Å². The van der Waals surface area contributed by atoms with Crippen LogP contribution in [0.4, 0.5) is 20.2 Å². The Kier molecular flexibility index (Phi) is 5.47. The van der Waals surface area contributed by atoms with Crippen LogP contribution in [0.2, 0.25) is 0 Å². The smallest absolute Gasteiger partial charge is 0.264 e. The Bertz CT molecular complexity index is 856. The van der Waals surface area contributed by atoms with Crippen LogP contribution in [0.5, 0.6) is 0 Å². The lowest BCUT2D eigenvalue weighted by atomic mass is 10.3. The summed E-state index contributed by atoms with van der Waals surface area (Å²) in [6, 6.07) is 7.90. The van der Waals surface area contributed by atoms with E-state index >= 15 is 0 Å². The first-order valence-electron chi connectivity index (χ1n) is 6.68. The minimum absolute atomic E-state index is 0.0777. The highest BCUT2D eigenvalue weighted by atomic mass is 32.2. The Labute approximate surface area is 137 Å². The largest absolute Gasteiger partial charge is 0.375 e. The Balaban J connectivity index is 2.24. The fraction of sp³-hybridized carbons (Fsp3) is 0.133. The monoisotopic (exact) mass is 356 g/mol. The molecule has 2 aromatic rings. The molecule has 24 heavy (non-hydrogen) atoms. The number of ether oxygens (including phenoxy) is 1. The number of amides is 1. The van der Waals surface area contributed by atoms with Gasteiger partial charge in [-0.15, -0.1) is 0 Å². The van der Waals surface area contributed by atoms with E-state index in [4.69, 9.17) is 0 Å². The van der Waals surface area contributed by atoms with E-state index in [1.54, 1.807) is 0 Å². The zero-order chi connectivity index (χ0) is 17.7. The van der Waals surface area contributed by atoms with Gasteiger partial charge in [0, 0.05) is 12.8 Å². The number of anilines is 2. The maximum absolute atomic E-state index is 13.6. The van der Waals surface area contributed by atoms with Gasteiger partial charge in [-0.3, -0.25) is 9.52 Å². The number of halogens is 2. The summed E-state index contributed by atoms with van der Waals surface area (Å²) < 4.78 is 58.0. The molecule has 0 saturated carbocycles. The standard InChI is InChI=1S/C15H14F2N2O4S/c1-23-9-15(20)18-11-3-2-4-12(8-11)19-24(21,22)14-7-10(16)5-6-13(14)17/h2-8,19H,9H2,1H3,(H,18,20). The molecule has 9 heteroatoms. The van der Waals surface area contributed by atoms with Gasteiger partial charge in [0.1, 0.15) is 23.1 Å². The lowest BCUT2D eigenvalue weighted by Crippen LogP contribution is -2.18. The molecule has 6 nitrogen and oxygen atoms in total. The van der Waals surface area contributed by atoms with Crippen molar-refractivity contribution < 1.29 is 26.7 Å². The number of carbonyl (C=O) groups is 1. The van der Waals surface area contributed by atoms with Gasteiger partial charge in [-0.25, -0.2) is 17.2 Å². The lowest BCUT2D eigenvalue weighted by Gasteiger charge is -2.11. The quantitative estimate of drug-likeness (QED) is 0.832. The number of benzene rings is 2. The SMILES string of the molecule is COCC(=O)Nc1cccc(NS(=O)(=O)c2cc(F)ccc2F)c1. The maximum atomic E-state index is 13.6. The number of rotatable bonds is 6. The van der Waals surface area contributed by atoms with Gasteiger partial charge >= 0.3 is 0 Å². The molecule has 0 bridgehead atoms. The molecule has 0 aliphatic carbocycles. The van der Waals surface area contributed by atoms with E-state index in [-0.39, 0.29) is 12.3 Å². The summed E-state index contributed by atoms with van der Waals surface area (Å²) in [6.45, 7) is -0.162. The fourth-order valence-electron chi connectivity index (χ4n) is 1.88. The molecule has 2 aromatic carbocycles. The van der Waals surface area contributed by atoms with Crippen LogP contribution < -0.4 is 10.0 Å². The molecule has 0 radical (unpaired) electrons. The molecule has 128 valence electrons. The van der Waals surface area contributed by atoms with Crippen LogP contribution in [0.25, 0.3) is 0 Å².